The van der Waals surface area contributed by atoms with Crippen LogP contribution in [-0.2, 0) is 0 Å². The zero-order chi connectivity index (χ0) is 13.4. The van der Waals surface area contributed by atoms with E-state index in [1.165, 1.54) is 12.8 Å². The van der Waals surface area contributed by atoms with Crippen molar-refractivity contribution in [2.75, 3.05) is 5.73 Å². The predicted octanol–water partition coefficient (Wildman–Crippen LogP) is 3.05. The van der Waals surface area contributed by atoms with Gasteiger partial charge in [-0.1, -0.05) is 13.3 Å². The molecule has 1 aliphatic rings. The Morgan fingerprint density at radius 2 is 2.21 bits per heavy atom. The summed E-state index contributed by atoms with van der Waals surface area (Å²) in [7, 11) is 0. The number of hydrogen-bond donors (Lipinski definition) is 1. The van der Waals surface area contributed by atoms with Gasteiger partial charge in [-0.05, 0) is 63.3 Å². The maximum absolute atomic E-state index is 5.93. The summed E-state index contributed by atoms with van der Waals surface area (Å²) in [4.78, 5) is 0. The van der Waals surface area contributed by atoms with Gasteiger partial charge in [0.05, 0.1) is 6.04 Å². The second-order valence-corrected chi connectivity index (χ2v) is 6.01. The summed E-state index contributed by atoms with van der Waals surface area (Å²) in [6.45, 7) is 2.26. The molecule has 0 radical (unpaired) electrons. The fourth-order valence-corrected chi connectivity index (χ4v) is 3.03. The molecule has 0 spiro atoms. The number of tetrazole rings is 1. The quantitative estimate of drug-likeness (QED) is 0.863. The first-order valence-corrected chi connectivity index (χ1v) is 7.29. The van der Waals surface area contributed by atoms with Gasteiger partial charge < -0.3 is 5.73 Å². The van der Waals surface area contributed by atoms with E-state index in [-0.39, 0.29) is 0 Å². The van der Waals surface area contributed by atoms with Crippen LogP contribution in [0.1, 0.15) is 32.2 Å². The summed E-state index contributed by atoms with van der Waals surface area (Å²) in [5.74, 6) is 1.42. The van der Waals surface area contributed by atoms with Crippen molar-refractivity contribution in [2.24, 2.45) is 5.92 Å². The average molecular weight is 322 g/mol. The minimum Gasteiger partial charge on any atom is -0.398 e. The highest BCUT2D eigenvalue weighted by Gasteiger charge is 2.28. The molecular weight excluding hydrogens is 306 g/mol. The van der Waals surface area contributed by atoms with Gasteiger partial charge in [0.2, 0.25) is 0 Å². The Labute approximate surface area is 120 Å². The Morgan fingerprint density at radius 3 is 2.89 bits per heavy atom. The molecule has 2 unspecified atom stereocenters. The molecule has 3 rings (SSSR count). The molecule has 0 bridgehead atoms. The van der Waals surface area contributed by atoms with Crippen molar-refractivity contribution in [1.29, 1.82) is 0 Å². The molecule has 1 aromatic heterocycles. The van der Waals surface area contributed by atoms with Crippen LogP contribution >= 0.6 is 15.9 Å². The molecule has 2 aromatic rings. The van der Waals surface area contributed by atoms with Crippen LogP contribution < -0.4 is 5.73 Å². The van der Waals surface area contributed by atoms with Crippen molar-refractivity contribution in [1.82, 2.24) is 20.2 Å². The minimum atomic E-state index is 0.398. The zero-order valence-corrected chi connectivity index (χ0v) is 12.3. The van der Waals surface area contributed by atoms with E-state index >= 15 is 0 Å². The highest BCUT2D eigenvalue weighted by Crippen LogP contribution is 2.37. The highest BCUT2D eigenvalue weighted by atomic mass is 79.9. The van der Waals surface area contributed by atoms with Gasteiger partial charge >= 0.3 is 0 Å². The van der Waals surface area contributed by atoms with E-state index in [0.717, 1.165) is 22.3 Å². The third-order valence-electron chi connectivity index (χ3n) is 3.88. The van der Waals surface area contributed by atoms with Crippen molar-refractivity contribution in [3.8, 4) is 11.4 Å². The molecule has 6 heteroatoms. The minimum absolute atomic E-state index is 0.398. The van der Waals surface area contributed by atoms with Crippen molar-refractivity contribution in [3.63, 3.8) is 0 Å². The second-order valence-electron chi connectivity index (χ2n) is 5.16. The molecular formula is C13H16BrN5. The molecule has 5 nitrogen and oxygen atoms in total. The number of benzene rings is 1. The van der Waals surface area contributed by atoms with Crippen molar-refractivity contribution < 1.29 is 0 Å². The van der Waals surface area contributed by atoms with E-state index in [1.807, 2.05) is 22.9 Å². The monoisotopic (exact) mass is 321 g/mol. The summed E-state index contributed by atoms with van der Waals surface area (Å²) in [6, 6.07) is 6.23. The van der Waals surface area contributed by atoms with Gasteiger partial charge in [0.25, 0.3) is 0 Å². The lowest BCUT2D eigenvalue weighted by atomic mass is 10.1. The van der Waals surface area contributed by atoms with E-state index in [2.05, 4.69) is 38.4 Å². The van der Waals surface area contributed by atoms with Crippen LogP contribution in [0.25, 0.3) is 11.4 Å². The van der Waals surface area contributed by atoms with Gasteiger partial charge in [0.1, 0.15) is 0 Å². The normalized spacial score (nSPS) is 22.8. The summed E-state index contributed by atoms with van der Waals surface area (Å²) in [5.41, 5.74) is 7.60. The molecule has 0 aliphatic heterocycles. The number of nitrogens with zero attached hydrogens (tertiary/aromatic N) is 4. The molecule has 1 saturated carbocycles. The van der Waals surface area contributed by atoms with Crippen molar-refractivity contribution >= 4 is 21.6 Å². The van der Waals surface area contributed by atoms with Crippen LogP contribution in [0, 0.1) is 5.92 Å². The van der Waals surface area contributed by atoms with Gasteiger partial charge in [-0.2, -0.15) is 0 Å². The highest BCUT2D eigenvalue weighted by molar-refractivity contribution is 9.10. The van der Waals surface area contributed by atoms with Gasteiger partial charge in [-0.3, -0.25) is 0 Å². The first-order valence-electron chi connectivity index (χ1n) is 6.50. The molecule has 1 aliphatic carbocycles. The fourth-order valence-electron chi connectivity index (χ4n) is 2.78. The third-order valence-corrected chi connectivity index (χ3v) is 4.60. The number of nitrogen functional groups attached to an aromatic ring is 1. The number of nitrogens with two attached hydrogens (primary N) is 1. The van der Waals surface area contributed by atoms with E-state index < -0.39 is 0 Å². The Morgan fingerprint density at radius 1 is 1.37 bits per heavy atom. The number of anilines is 1. The van der Waals surface area contributed by atoms with Crippen LogP contribution in [0.5, 0.6) is 0 Å². The van der Waals surface area contributed by atoms with E-state index in [1.54, 1.807) is 0 Å². The van der Waals surface area contributed by atoms with Crippen LogP contribution in [0.2, 0.25) is 0 Å². The molecule has 100 valence electrons. The average Bonchev–Trinajstić information content (AvgIpc) is 3.00. The first kappa shape index (κ1) is 12.6. The molecule has 1 fully saturated rings. The van der Waals surface area contributed by atoms with Crippen LogP contribution in [0.3, 0.4) is 0 Å². The van der Waals surface area contributed by atoms with Gasteiger partial charge in [-0.25, -0.2) is 4.68 Å². The summed E-state index contributed by atoms with van der Waals surface area (Å²) < 4.78 is 2.85. The lowest BCUT2D eigenvalue weighted by Gasteiger charge is -2.16. The molecule has 0 saturated heterocycles. The maximum Gasteiger partial charge on any atom is 0.182 e. The Hall–Kier alpha value is -1.43. The van der Waals surface area contributed by atoms with Gasteiger partial charge in [0.15, 0.2) is 5.82 Å². The molecule has 1 heterocycles. The Balaban J connectivity index is 2.01. The number of rotatable bonds is 2. The topological polar surface area (TPSA) is 69.6 Å². The van der Waals surface area contributed by atoms with Crippen molar-refractivity contribution in [3.05, 3.63) is 22.7 Å². The van der Waals surface area contributed by atoms with Crippen LogP contribution in [0.15, 0.2) is 22.7 Å². The number of aromatic nitrogens is 4. The predicted molar refractivity (Wildman–Crippen MR) is 77.4 cm³/mol. The van der Waals surface area contributed by atoms with Crippen LogP contribution in [-0.4, -0.2) is 20.2 Å². The zero-order valence-electron chi connectivity index (χ0n) is 10.8. The van der Waals surface area contributed by atoms with E-state index in [4.69, 9.17) is 5.73 Å². The molecule has 2 N–H and O–H groups in total. The Kier molecular flexibility index (Phi) is 3.26. The van der Waals surface area contributed by atoms with E-state index in [0.29, 0.717) is 17.6 Å². The third kappa shape index (κ3) is 2.25. The standard InChI is InChI=1S/C13H16BrN5/c1-8-3-2-4-12(8)19-13(16-17-18-19)9-5-6-10(14)11(15)7-9/h5-8,12H,2-4,15H2,1H3. The lowest BCUT2D eigenvalue weighted by molar-refractivity contribution is 0.370. The number of hydrogen-bond acceptors (Lipinski definition) is 4. The van der Waals surface area contributed by atoms with Crippen LogP contribution in [0.4, 0.5) is 5.69 Å². The number of halogens is 1. The molecule has 19 heavy (non-hydrogen) atoms. The molecule has 2 atom stereocenters. The van der Waals surface area contributed by atoms with E-state index in [9.17, 15) is 0 Å². The van der Waals surface area contributed by atoms with Gasteiger partial charge in [0, 0.05) is 15.7 Å². The molecule has 1 aromatic carbocycles. The maximum atomic E-state index is 5.93. The second kappa shape index (κ2) is 4.92. The summed E-state index contributed by atoms with van der Waals surface area (Å²) in [6.07, 6.45) is 3.63. The summed E-state index contributed by atoms with van der Waals surface area (Å²) in [5, 5.41) is 12.2. The lowest BCUT2D eigenvalue weighted by Crippen LogP contribution is -2.14. The van der Waals surface area contributed by atoms with Gasteiger partial charge in [-0.15, -0.1) is 5.10 Å². The largest absolute Gasteiger partial charge is 0.398 e. The SMILES string of the molecule is CC1CCCC1n1nnnc1-c1ccc(Br)c(N)c1. The van der Waals surface area contributed by atoms with Crippen molar-refractivity contribution in [2.45, 2.75) is 32.2 Å². The first-order chi connectivity index (χ1) is 9.16. The Bertz CT molecular complexity index is 594. The summed E-state index contributed by atoms with van der Waals surface area (Å²) >= 11 is 3.40. The molecule has 0 amide bonds. The fraction of sp³-hybridized carbons (Fsp3) is 0.462. The smallest absolute Gasteiger partial charge is 0.182 e.